The molecular weight excluding hydrogens is 328 g/mol. The fourth-order valence-electron chi connectivity index (χ4n) is 2.14. The van der Waals surface area contributed by atoms with Gasteiger partial charge in [-0.1, -0.05) is 28.1 Å². The Labute approximate surface area is 128 Å². The standard InChI is InChI=1S/C14H19BrN2O.ClH/c1-9(16)5-6-17-14(18)13-8-12(13)10-3-2-4-11(15)7-10;/h2-4,7,9,12-13H,5-6,8,16H2,1H3,(H,17,18);1H. The van der Waals surface area contributed by atoms with Gasteiger partial charge in [0.05, 0.1) is 0 Å². The first kappa shape index (κ1) is 16.5. The van der Waals surface area contributed by atoms with Gasteiger partial charge in [0.2, 0.25) is 5.91 Å². The molecule has 5 heteroatoms. The Morgan fingerprint density at radius 2 is 2.32 bits per heavy atom. The largest absolute Gasteiger partial charge is 0.356 e. The molecule has 3 N–H and O–H groups in total. The zero-order valence-corrected chi connectivity index (χ0v) is 13.3. The lowest BCUT2D eigenvalue weighted by molar-refractivity contribution is -0.122. The highest BCUT2D eigenvalue weighted by Crippen LogP contribution is 2.47. The van der Waals surface area contributed by atoms with Gasteiger partial charge in [-0.3, -0.25) is 4.79 Å². The van der Waals surface area contributed by atoms with E-state index in [0.717, 1.165) is 17.3 Å². The first-order valence-corrected chi connectivity index (χ1v) is 7.16. The fraction of sp³-hybridized carbons (Fsp3) is 0.500. The first-order chi connectivity index (χ1) is 8.58. The molecule has 19 heavy (non-hydrogen) atoms. The van der Waals surface area contributed by atoms with Crippen molar-refractivity contribution in [1.82, 2.24) is 5.32 Å². The molecule has 0 radical (unpaired) electrons. The normalized spacial score (nSPS) is 22.3. The number of nitrogens with one attached hydrogen (secondary N) is 1. The molecule has 3 atom stereocenters. The third kappa shape index (κ3) is 4.79. The Balaban J connectivity index is 0.00000180. The third-order valence-electron chi connectivity index (χ3n) is 3.30. The summed E-state index contributed by atoms with van der Waals surface area (Å²) in [4.78, 5) is 11.9. The van der Waals surface area contributed by atoms with Gasteiger partial charge in [0.25, 0.3) is 0 Å². The van der Waals surface area contributed by atoms with Crippen LogP contribution in [0.3, 0.4) is 0 Å². The van der Waals surface area contributed by atoms with Gasteiger partial charge in [0, 0.05) is 23.0 Å². The van der Waals surface area contributed by atoms with E-state index in [4.69, 9.17) is 5.73 Å². The highest BCUT2D eigenvalue weighted by molar-refractivity contribution is 9.10. The fourth-order valence-corrected chi connectivity index (χ4v) is 2.56. The van der Waals surface area contributed by atoms with Gasteiger partial charge in [-0.25, -0.2) is 0 Å². The Hall–Kier alpha value is -0.580. The molecule has 1 aliphatic carbocycles. The van der Waals surface area contributed by atoms with Gasteiger partial charge in [0.15, 0.2) is 0 Å². The van der Waals surface area contributed by atoms with Crippen LogP contribution in [0.2, 0.25) is 0 Å². The predicted octanol–water partition coefficient (Wildman–Crippen LogP) is 2.83. The summed E-state index contributed by atoms with van der Waals surface area (Å²) in [6.07, 6.45) is 1.79. The number of halogens is 2. The topological polar surface area (TPSA) is 55.1 Å². The Bertz CT molecular complexity index is 439. The van der Waals surface area contributed by atoms with Crippen LogP contribution < -0.4 is 11.1 Å². The van der Waals surface area contributed by atoms with E-state index in [1.807, 2.05) is 19.1 Å². The molecule has 1 amide bonds. The number of hydrogen-bond acceptors (Lipinski definition) is 2. The molecule has 1 aromatic rings. The molecule has 1 aliphatic rings. The average Bonchev–Trinajstić information content (AvgIpc) is 3.08. The van der Waals surface area contributed by atoms with E-state index in [1.54, 1.807) is 0 Å². The number of nitrogens with two attached hydrogens (primary N) is 1. The van der Waals surface area contributed by atoms with Crippen LogP contribution in [0.1, 0.15) is 31.2 Å². The number of carbonyl (C=O) groups is 1. The molecule has 0 heterocycles. The molecule has 0 bridgehead atoms. The number of carbonyl (C=O) groups excluding carboxylic acids is 1. The lowest BCUT2D eigenvalue weighted by Gasteiger charge is -2.07. The van der Waals surface area contributed by atoms with Crippen molar-refractivity contribution < 1.29 is 4.79 Å². The Kier molecular flexibility index (Phi) is 6.30. The summed E-state index contributed by atoms with van der Waals surface area (Å²) in [5.74, 6) is 0.700. The van der Waals surface area contributed by atoms with Crippen LogP contribution in [-0.2, 0) is 4.79 Å². The van der Waals surface area contributed by atoms with Crippen LogP contribution in [0.15, 0.2) is 28.7 Å². The van der Waals surface area contributed by atoms with Crippen molar-refractivity contribution in [3.05, 3.63) is 34.3 Å². The molecule has 0 saturated heterocycles. The summed E-state index contributed by atoms with van der Waals surface area (Å²) >= 11 is 3.46. The highest BCUT2D eigenvalue weighted by Gasteiger charge is 2.43. The van der Waals surface area contributed by atoms with Gasteiger partial charge in [-0.05, 0) is 43.4 Å². The van der Waals surface area contributed by atoms with Crippen LogP contribution in [0, 0.1) is 5.92 Å². The van der Waals surface area contributed by atoms with Crippen molar-refractivity contribution in [2.45, 2.75) is 31.7 Å². The van der Waals surface area contributed by atoms with Gasteiger partial charge >= 0.3 is 0 Å². The molecule has 1 fully saturated rings. The lowest BCUT2D eigenvalue weighted by Crippen LogP contribution is -2.30. The van der Waals surface area contributed by atoms with E-state index in [-0.39, 0.29) is 30.3 Å². The van der Waals surface area contributed by atoms with Crippen LogP contribution in [-0.4, -0.2) is 18.5 Å². The minimum atomic E-state index is 0. The smallest absolute Gasteiger partial charge is 0.223 e. The highest BCUT2D eigenvalue weighted by atomic mass is 79.9. The molecule has 3 nitrogen and oxygen atoms in total. The third-order valence-corrected chi connectivity index (χ3v) is 3.80. The lowest BCUT2D eigenvalue weighted by atomic mass is 10.1. The Morgan fingerprint density at radius 3 is 2.95 bits per heavy atom. The van der Waals surface area contributed by atoms with Crippen LogP contribution in [0.4, 0.5) is 0 Å². The molecule has 0 aromatic heterocycles. The maximum atomic E-state index is 11.9. The molecule has 0 aliphatic heterocycles. The molecule has 1 saturated carbocycles. The maximum Gasteiger partial charge on any atom is 0.223 e. The quantitative estimate of drug-likeness (QED) is 0.860. The molecular formula is C14H20BrClN2O. The van der Waals surface area contributed by atoms with E-state index in [2.05, 4.69) is 33.4 Å². The zero-order valence-electron chi connectivity index (χ0n) is 10.9. The van der Waals surface area contributed by atoms with Crippen molar-refractivity contribution >= 4 is 34.2 Å². The number of rotatable bonds is 5. The van der Waals surface area contributed by atoms with E-state index in [9.17, 15) is 4.79 Å². The number of hydrogen-bond donors (Lipinski definition) is 2. The summed E-state index contributed by atoms with van der Waals surface area (Å²) in [6, 6.07) is 8.35. The average molecular weight is 348 g/mol. The van der Waals surface area contributed by atoms with Crippen molar-refractivity contribution in [2.24, 2.45) is 11.7 Å². The second-order valence-electron chi connectivity index (χ2n) is 5.06. The minimum absolute atomic E-state index is 0. The molecule has 0 spiro atoms. The SMILES string of the molecule is CC(N)CCNC(=O)C1CC1c1cccc(Br)c1.Cl. The van der Waals surface area contributed by atoms with Gasteiger partial charge in [0.1, 0.15) is 0 Å². The van der Waals surface area contributed by atoms with Gasteiger partial charge in [-0.15, -0.1) is 12.4 Å². The first-order valence-electron chi connectivity index (χ1n) is 6.36. The van der Waals surface area contributed by atoms with Crippen molar-refractivity contribution in [1.29, 1.82) is 0 Å². The Morgan fingerprint density at radius 1 is 1.58 bits per heavy atom. The van der Waals surface area contributed by atoms with Crippen LogP contribution in [0.25, 0.3) is 0 Å². The zero-order chi connectivity index (χ0) is 13.1. The summed E-state index contributed by atoms with van der Waals surface area (Å²) in [5.41, 5.74) is 6.90. The van der Waals surface area contributed by atoms with Crippen molar-refractivity contribution in [2.75, 3.05) is 6.54 Å². The van der Waals surface area contributed by atoms with Crippen molar-refractivity contribution in [3.63, 3.8) is 0 Å². The van der Waals surface area contributed by atoms with Crippen molar-refractivity contribution in [3.8, 4) is 0 Å². The van der Waals surface area contributed by atoms with Crippen LogP contribution in [0.5, 0.6) is 0 Å². The summed E-state index contributed by atoms with van der Waals surface area (Å²) in [5, 5.41) is 2.96. The van der Waals surface area contributed by atoms with E-state index < -0.39 is 0 Å². The predicted molar refractivity (Wildman–Crippen MR) is 83.5 cm³/mol. The maximum absolute atomic E-state index is 11.9. The molecule has 2 rings (SSSR count). The van der Waals surface area contributed by atoms with E-state index >= 15 is 0 Å². The summed E-state index contributed by atoms with van der Waals surface area (Å²) < 4.78 is 1.07. The molecule has 106 valence electrons. The number of amides is 1. The van der Waals surface area contributed by atoms with Crippen LogP contribution >= 0.6 is 28.3 Å². The monoisotopic (exact) mass is 346 g/mol. The molecule has 3 unspecified atom stereocenters. The van der Waals surface area contributed by atoms with Gasteiger partial charge < -0.3 is 11.1 Å². The van der Waals surface area contributed by atoms with E-state index in [0.29, 0.717) is 12.5 Å². The van der Waals surface area contributed by atoms with E-state index in [1.165, 1.54) is 5.56 Å². The summed E-state index contributed by atoms with van der Waals surface area (Å²) in [7, 11) is 0. The van der Waals surface area contributed by atoms with Gasteiger partial charge in [-0.2, -0.15) is 0 Å². The number of benzene rings is 1. The molecule has 1 aromatic carbocycles. The summed E-state index contributed by atoms with van der Waals surface area (Å²) in [6.45, 7) is 2.63. The second-order valence-corrected chi connectivity index (χ2v) is 5.98. The minimum Gasteiger partial charge on any atom is -0.356 e. The second kappa shape index (κ2) is 7.27.